The van der Waals surface area contributed by atoms with Crippen LogP contribution in [0.5, 0.6) is 0 Å². The van der Waals surface area contributed by atoms with Crippen LogP contribution < -0.4 is 16.8 Å². The third kappa shape index (κ3) is 3.71. The number of amides is 2. The van der Waals surface area contributed by atoms with Gasteiger partial charge in [-0.2, -0.15) is 0 Å². The van der Waals surface area contributed by atoms with Gasteiger partial charge >= 0.3 is 0 Å². The van der Waals surface area contributed by atoms with Crippen molar-refractivity contribution in [3.63, 3.8) is 0 Å². The highest BCUT2D eigenvalue weighted by Gasteiger charge is 2.36. The van der Waals surface area contributed by atoms with Crippen LogP contribution >= 0.6 is 12.4 Å². The Bertz CT molecular complexity index is 499. The summed E-state index contributed by atoms with van der Waals surface area (Å²) in [6, 6.07) is 6.91. The summed E-state index contributed by atoms with van der Waals surface area (Å²) < 4.78 is 0. The number of carbonyl (C=O) groups excluding carboxylic acids is 2. The molecule has 110 valence electrons. The maximum absolute atomic E-state index is 12.0. The van der Waals surface area contributed by atoms with Gasteiger partial charge in [-0.15, -0.1) is 12.4 Å². The van der Waals surface area contributed by atoms with Gasteiger partial charge < -0.3 is 16.8 Å². The van der Waals surface area contributed by atoms with Crippen LogP contribution in [0.4, 0.5) is 0 Å². The Kier molecular flexibility index (Phi) is 5.53. The molecule has 5 nitrogen and oxygen atoms in total. The molecule has 0 unspecified atom stereocenters. The van der Waals surface area contributed by atoms with Crippen LogP contribution in [-0.4, -0.2) is 17.4 Å². The molecular weight excluding hydrogens is 278 g/mol. The summed E-state index contributed by atoms with van der Waals surface area (Å²) in [7, 11) is 0. The minimum atomic E-state index is -0.721. The molecule has 0 aromatic heterocycles. The summed E-state index contributed by atoms with van der Waals surface area (Å²) in [6.07, 6.45) is 3.47. The minimum absolute atomic E-state index is 0. The number of rotatable bonds is 4. The molecule has 1 aromatic carbocycles. The summed E-state index contributed by atoms with van der Waals surface area (Å²) in [5.74, 6) is -0.589. The molecule has 1 aromatic rings. The van der Waals surface area contributed by atoms with E-state index in [1.54, 1.807) is 18.2 Å². The van der Waals surface area contributed by atoms with Crippen LogP contribution in [0.3, 0.4) is 0 Å². The number of halogens is 1. The Morgan fingerprint density at radius 1 is 1.25 bits per heavy atom. The molecule has 0 spiro atoms. The number of carbonyl (C=O) groups is 2. The highest BCUT2D eigenvalue weighted by Crippen LogP contribution is 2.27. The molecule has 1 saturated carbocycles. The number of hydrogen-bond donors (Lipinski definition) is 3. The van der Waals surface area contributed by atoms with Gasteiger partial charge in [-0.1, -0.05) is 25.0 Å². The Balaban J connectivity index is 0.00000200. The van der Waals surface area contributed by atoms with E-state index in [4.69, 9.17) is 11.5 Å². The molecule has 1 fully saturated rings. The second kappa shape index (κ2) is 6.72. The second-order valence-electron chi connectivity index (χ2n) is 5.11. The van der Waals surface area contributed by atoms with Crippen LogP contribution in [0.25, 0.3) is 0 Å². The standard InChI is InChI=1S/C14H19N3O2.ClH/c15-12(18)11-5-3-4-10(8-11)9-17-13(19)14(16)6-1-2-7-14;/h3-5,8H,1-2,6-7,9,16H2,(H2,15,18)(H,17,19);1H. The van der Waals surface area contributed by atoms with Crippen molar-refractivity contribution in [2.45, 2.75) is 37.8 Å². The molecule has 2 amide bonds. The van der Waals surface area contributed by atoms with E-state index < -0.39 is 11.4 Å². The lowest BCUT2D eigenvalue weighted by Gasteiger charge is -2.22. The maximum Gasteiger partial charge on any atom is 0.248 e. The predicted molar refractivity (Wildman–Crippen MR) is 79.4 cm³/mol. The SMILES string of the molecule is Cl.NC(=O)c1cccc(CNC(=O)C2(N)CCCC2)c1. The molecule has 2 rings (SSSR count). The fourth-order valence-electron chi connectivity index (χ4n) is 2.43. The summed E-state index contributed by atoms with van der Waals surface area (Å²) in [4.78, 5) is 23.1. The van der Waals surface area contributed by atoms with E-state index in [1.807, 2.05) is 6.07 Å². The first-order chi connectivity index (χ1) is 9.01. The van der Waals surface area contributed by atoms with Gasteiger partial charge in [0.05, 0.1) is 5.54 Å². The molecule has 6 heteroatoms. The monoisotopic (exact) mass is 297 g/mol. The van der Waals surface area contributed by atoms with E-state index in [-0.39, 0.29) is 18.3 Å². The first kappa shape index (κ1) is 16.5. The van der Waals surface area contributed by atoms with Gasteiger partial charge in [0.15, 0.2) is 0 Å². The highest BCUT2D eigenvalue weighted by molar-refractivity contribution is 5.93. The van der Waals surface area contributed by atoms with Crippen molar-refractivity contribution < 1.29 is 9.59 Å². The smallest absolute Gasteiger partial charge is 0.248 e. The lowest BCUT2D eigenvalue weighted by atomic mass is 9.98. The zero-order valence-corrected chi connectivity index (χ0v) is 12.0. The van der Waals surface area contributed by atoms with Crippen LogP contribution in [-0.2, 0) is 11.3 Å². The molecule has 0 radical (unpaired) electrons. The van der Waals surface area contributed by atoms with E-state index in [0.717, 1.165) is 31.2 Å². The molecule has 0 heterocycles. The van der Waals surface area contributed by atoms with Crippen LogP contribution in [0.1, 0.15) is 41.6 Å². The van der Waals surface area contributed by atoms with Crippen molar-refractivity contribution in [2.24, 2.45) is 11.5 Å². The van der Waals surface area contributed by atoms with Crippen LogP contribution in [0, 0.1) is 0 Å². The minimum Gasteiger partial charge on any atom is -0.366 e. The molecule has 0 atom stereocenters. The largest absolute Gasteiger partial charge is 0.366 e. The molecule has 0 aliphatic heterocycles. The predicted octanol–water partition coefficient (Wildman–Crippen LogP) is 1.09. The van der Waals surface area contributed by atoms with E-state index >= 15 is 0 Å². The third-order valence-corrected chi connectivity index (χ3v) is 3.61. The van der Waals surface area contributed by atoms with Crippen molar-refractivity contribution in [3.05, 3.63) is 35.4 Å². The molecule has 1 aliphatic rings. The number of benzene rings is 1. The zero-order chi connectivity index (χ0) is 13.9. The second-order valence-corrected chi connectivity index (χ2v) is 5.11. The van der Waals surface area contributed by atoms with Gasteiger partial charge in [0.25, 0.3) is 0 Å². The van der Waals surface area contributed by atoms with Crippen LogP contribution in [0.15, 0.2) is 24.3 Å². The average Bonchev–Trinajstić information content (AvgIpc) is 2.84. The van der Waals surface area contributed by atoms with E-state index in [9.17, 15) is 9.59 Å². The lowest BCUT2D eigenvalue weighted by Crippen LogP contribution is -2.51. The summed E-state index contributed by atoms with van der Waals surface area (Å²) in [5, 5.41) is 2.83. The first-order valence-electron chi connectivity index (χ1n) is 6.47. The zero-order valence-electron chi connectivity index (χ0n) is 11.2. The quantitative estimate of drug-likeness (QED) is 0.776. The third-order valence-electron chi connectivity index (χ3n) is 3.61. The van der Waals surface area contributed by atoms with Crippen molar-refractivity contribution in [1.82, 2.24) is 5.32 Å². The Morgan fingerprint density at radius 3 is 2.50 bits per heavy atom. The Labute approximate surface area is 124 Å². The topological polar surface area (TPSA) is 98.2 Å². The fourth-order valence-corrected chi connectivity index (χ4v) is 2.43. The van der Waals surface area contributed by atoms with Crippen LogP contribution in [0.2, 0.25) is 0 Å². The molecule has 0 saturated heterocycles. The van der Waals surface area contributed by atoms with Gasteiger partial charge in [0, 0.05) is 12.1 Å². The fraction of sp³-hybridized carbons (Fsp3) is 0.429. The number of hydrogen-bond acceptors (Lipinski definition) is 3. The van der Waals surface area contributed by atoms with E-state index in [2.05, 4.69) is 5.32 Å². The number of primary amides is 1. The number of nitrogens with two attached hydrogens (primary N) is 2. The summed E-state index contributed by atoms with van der Waals surface area (Å²) in [6.45, 7) is 0.360. The van der Waals surface area contributed by atoms with Crippen molar-refractivity contribution in [2.75, 3.05) is 0 Å². The average molecular weight is 298 g/mol. The molecule has 0 bridgehead atoms. The molecule has 1 aliphatic carbocycles. The maximum atomic E-state index is 12.0. The summed E-state index contributed by atoms with van der Waals surface area (Å²) in [5.41, 5.74) is 11.8. The normalized spacial score (nSPS) is 16.2. The van der Waals surface area contributed by atoms with Gasteiger partial charge in [-0.3, -0.25) is 9.59 Å². The molecule has 5 N–H and O–H groups in total. The van der Waals surface area contributed by atoms with Crippen molar-refractivity contribution >= 4 is 24.2 Å². The highest BCUT2D eigenvalue weighted by atomic mass is 35.5. The van der Waals surface area contributed by atoms with E-state index in [1.165, 1.54) is 0 Å². The van der Waals surface area contributed by atoms with E-state index in [0.29, 0.717) is 12.1 Å². The van der Waals surface area contributed by atoms with Gasteiger partial charge in [0.1, 0.15) is 0 Å². The lowest BCUT2D eigenvalue weighted by molar-refractivity contribution is -0.126. The van der Waals surface area contributed by atoms with Gasteiger partial charge in [0.2, 0.25) is 11.8 Å². The van der Waals surface area contributed by atoms with Crippen molar-refractivity contribution in [3.8, 4) is 0 Å². The first-order valence-corrected chi connectivity index (χ1v) is 6.47. The molecular formula is C14H20ClN3O2. The summed E-state index contributed by atoms with van der Waals surface area (Å²) >= 11 is 0. The Hall–Kier alpha value is -1.59. The molecule has 20 heavy (non-hydrogen) atoms. The Morgan fingerprint density at radius 2 is 1.90 bits per heavy atom. The number of nitrogens with one attached hydrogen (secondary N) is 1. The van der Waals surface area contributed by atoms with Gasteiger partial charge in [-0.25, -0.2) is 0 Å². The van der Waals surface area contributed by atoms with Crippen molar-refractivity contribution in [1.29, 1.82) is 0 Å². The van der Waals surface area contributed by atoms with Gasteiger partial charge in [-0.05, 0) is 30.5 Å².